The van der Waals surface area contributed by atoms with Crippen LogP contribution in [0.1, 0.15) is 22.6 Å². The molecule has 0 aliphatic heterocycles. The smallest absolute Gasteiger partial charge is 0.871 e. The average molecular weight is 882 g/mol. The van der Waals surface area contributed by atoms with E-state index in [2.05, 4.69) is 0 Å². The molecule has 2 N–H and O–H groups in total. The zero-order chi connectivity index (χ0) is 21.5. The van der Waals surface area contributed by atoms with Gasteiger partial charge in [0.2, 0.25) is 0 Å². The maximum Gasteiger partial charge on any atom is 1.00 e. The van der Waals surface area contributed by atoms with E-state index in [0.717, 1.165) is 5.56 Å². The molecular formula is C19H11I4NaO5S. The van der Waals surface area contributed by atoms with Crippen LogP contribution < -0.4 is 34.7 Å². The zero-order valence-corrected chi connectivity index (χ0v) is 26.7. The Labute approximate surface area is 251 Å². The van der Waals surface area contributed by atoms with Crippen LogP contribution >= 0.6 is 90.4 Å². The zero-order valence-electron chi connectivity index (χ0n) is 15.2. The molecule has 30 heavy (non-hydrogen) atoms. The summed E-state index contributed by atoms with van der Waals surface area (Å²) in [6.45, 7) is 0. The fourth-order valence-corrected chi connectivity index (χ4v) is 7.37. The van der Waals surface area contributed by atoms with Crippen LogP contribution in [0.5, 0.6) is 11.5 Å². The Morgan fingerprint density at radius 2 is 1.27 bits per heavy atom. The van der Waals surface area contributed by atoms with E-state index < -0.39 is 16.0 Å². The second-order valence-electron chi connectivity index (χ2n) is 6.09. The Hall–Kier alpha value is 1.09. The molecule has 5 nitrogen and oxygen atoms in total. The number of hydrogen-bond donors (Lipinski definition) is 2. The van der Waals surface area contributed by atoms with E-state index in [0.29, 0.717) is 25.4 Å². The molecule has 0 heterocycles. The van der Waals surface area contributed by atoms with Crippen LogP contribution in [0.15, 0.2) is 53.4 Å². The molecular weight excluding hydrogens is 871 g/mol. The third-order valence-corrected chi connectivity index (χ3v) is 8.41. The first-order valence-corrected chi connectivity index (χ1v) is 13.7. The first kappa shape index (κ1) is 27.3. The van der Waals surface area contributed by atoms with Crippen molar-refractivity contribution in [3.05, 3.63) is 79.5 Å². The van der Waals surface area contributed by atoms with Gasteiger partial charge in [0.05, 0.1) is 12.0 Å². The molecule has 0 saturated heterocycles. The predicted molar refractivity (Wildman–Crippen MR) is 142 cm³/mol. The van der Waals surface area contributed by atoms with Gasteiger partial charge in [0, 0.05) is 13.1 Å². The summed E-state index contributed by atoms with van der Waals surface area (Å²) in [7, 11) is -4.47. The topological polar surface area (TPSA) is 97.7 Å². The maximum atomic E-state index is 12.2. The Balaban J connectivity index is 0.00000320. The number of hydrogen-bond acceptors (Lipinski definition) is 4. The van der Waals surface area contributed by atoms with Crippen molar-refractivity contribution in [2.75, 3.05) is 0 Å². The van der Waals surface area contributed by atoms with Gasteiger partial charge in [0.15, 0.2) is 0 Å². The molecule has 0 spiro atoms. The molecule has 0 aromatic heterocycles. The quantitative estimate of drug-likeness (QED) is 0.182. The summed E-state index contributed by atoms with van der Waals surface area (Å²) in [5, 5.41) is 22.4. The van der Waals surface area contributed by atoms with Gasteiger partial charge in [-0.2, -0.15) is 8.42 Å². The average Bonchev–Trinajstić information content (AvgIpc) is 2.64. The summed E-state index contributed by atoms with van der Waals surface area (Å²) in [5.41, 5.74) is 1.84. The third-order valence-electron chi connectivity index (χ3n) is 4.23. The number of aromatic hydroxyl groups is 1. The largest absolute Gasteiger partial charge is 1.00 e. The van der Waals surface area contributed by atoms with E-state index >= 15 is 0 Å². The van der Waals surface area contributed by atoms with Crippen LogP contribution in [-0.4, -0.2) is 18.1 Å². The van der Waals surface area contributed by atoms with Crippen molar-refractivity contribution in [1.82, 2.24) is 0 Å². The molecule has 0 aliphatic rings. The van der Waals surface area contributed by atoms with E-state index in [-0.39, 0.29) is 46.0 Å². The Kier molecular flexibility index (Phi) is 10.0. The van der Waals surface area contributed by atoms with Crippen molar-refractivity contribution >= 4 is 100 Å². The normalized spacial score (nSPS) is 12.3. The summed E-state index contributed by atoms with van der Waals surface area (Å²) in [5.74, 6) is -0.513. The molecule has 0 fully saturated rings. The minimum atomic E-state index is -4.47. The van der Waals surface area contributed by atoms with E-state index in [1.807, 2.05) is 90.4 Å². The number of halogens is 4. The minimum Gasteiger partial charge on any atom is -0.871 e. The molecule has 3 aromatic carbocycles. The van der Waals surface area contributed by atoms with Crippen LogP contribution in [0, 0.1) is 14.3 Å². The number of rotatable bonds is 4. The van der Waals surface area contributed by atoms with Crippen LogP contribution in [-0.2, 0) is 10.1 Å². The Morgan fingerprint density at radius 3 is 1.73 bits per heavy atom. The van der Waals surface area contributed by atoms with E-state index in [9.17, 15) is 23.2 Å². The van der Waals surface area contributed by atoms with Gasteiger partial charge in [0.1, 0.15) is 5.75 Å². The van der Waals surface area contributed by atoms with Crippen molar-refractivity contribution < 1.29 is 52.7 Å². The summed E-state index contributed by atoms with van der Waals surface area (Å²) >= 11 is 7.96. The van der Waals surface area contributed by atoms with Crippen LogP contribution in [0.4, 0.5) is 0 Å². The minimum absolute atomic E-state index is 0. The van der Waals surface area contributed by atoms with E-state index in [1.165, 1.54) is 6.07 Å². The third kappa shape index (κ3) is 5.95. The van der Waals surface area contributed by atoms with Crippen molar-refractivity contribution in [3.63, 3.8) is 0 Å². The van der Waals surface area contributed by atoms with Crippen LogP contribution in [0.25, 0.3) is 0 Å². The van der Waals surface area contributed by atoms with Gasteiger partial charge in [-0.1, -0.05) is 23.9 Å². The summed E-state index contributed by atoms with van der Waals surface area (Å²) < 4.78 is 36.2. The van der Waals surface area contributed by atoms with Gasteiger partial charge in [0.25, 0.3) is 10.1 Å². The molecule has 1 atom stereocenters. The monoisotopic (exact) mass is 882 g/mol. The fourth-order valence-electron chi connectivity index (χ4n) is 3.00. The summed E-state index contributed by atoms with van der Waals surface area (Å²) in [4.78, 5) is -0.195. The summed E-state index contributed by atoms with van der Waals surface area (Å²) in [6, 6.07) is 13.2. The van der Waals surface area contributed by atoms with E-state index in [1.54, 1.807) is 42.5 Å². The van der Waals surface area contributed by atoms with Gasteiger partial charge in [-0.25, -0.2) is 0 Å². The molecule has 0 saturated carbocycles. The van der Waals surface area contributed by atoms with Crippen molar-refractivity contribution in [1.29, 1.82) is 0 Å². The number of phenols is 1. The van der Waals surface area contributed by atoms with Crippen molar-refractivity contribution in [2.24, 2.45) is 0 Å². The SMILES string of the molecule is O=S(=O)(O)c1ccccc1C(c1cc(I)c([O-])c(I)c1)c1cc(I)c(O)c(I)c1.[Na+]. The number of benzene rings is 3. The van der Waals surface area contributed by atoms with Crippen LogP contribution in [0.3, 0.4) is 0 Å². The van der Waals surface area contributed by atoms with Gasteiger partial charge in [-0.05, 0) is 137 Å². The summed E-state index contributed by atoms with van der Waals surface area (Å²) in [6.07, 6.45) is 0. The molecule has 3 aromatic rings. The maximum absolute atomic E-state index is 12.2. The molecule has 3 rings (SSSR count). The Bertz CT molecular complexity index is 1110. The second-order valence-corrected chi connectivity index (χ2v) is 12.1. The van der Waals surface area contributed by atoms with Gasteiger partial charge in [-0.3, -0.25) is 4.55 Å². The molecule has 152 valence electrons. The first-order valence-electron chi connectivity index (χ1n) is 7.91. The van der Waals surface area contributed by atoms with Gasteiger partial charge in [-0.15, -0.1) is 0 Å². The van der Waals surface area contributed by atoms with Gasteiger partial charge < -0.3 is 10.2 Å². The fraction of sp³-hybridized carbons (Fsp3) is 0.0526. The molecule has 0 aliphatic carbocycles. The van der Waals surface area contributed by atoms with Gasteiger partial charge >= 0.3 is 29.6 Å². The molecule has 0 radical (unpaired) electrons. The van der Waals surface area contributed by atoms with Crippen molar-refractivity contribution in [2.45, 2.75) is 10.8 Å². The second kappa shape index (κ2) is 11.0. The van der Waals surface area contributed by atoms with Crippen LogP contribution in [0.2, 0.25) is 0 Å². The molecule has 0 bridgehead atoms. The Morgan fingerprint density at radius 1 is 0.833 bits per heavy atom. The predicted octanol–water partition coefficient (Wildman–Crippen LogP) is 2.32. The standard InChI is InChI=1S/C19H12I4O5S.Na/c20-12-5-9(6-13(21)18(12)24)17(10-7-14(22)19(25)15(23)8-10)11-3-1-2-4-16(11)29(26,27)28;/h1-8,17,24-25H,(H,26,27,28);/q;+1/p-1. The molecule has 0 amide bonds. The number of phenolic OH excluding ortho intramolecular Hbond substituents is 1. The van der Waals surface area contributed by atoms with Crippen molar-refractivity contribution in [3.8, 4) is 11.5 Å². The van der Waals surface area contributed by atoms with E-state index in [4.69, 9.17) is 0 Å². The molecule has 1 unspecified atom stereocenters. The first-order chi connectivity index (χ1) is 13.5. The molecule has 11 heteroatoms.